The van der Waals surface area contributed by atoms with Gasteiger partial charge in [0.15, 0.2) is 0 Å². The van der Waals surface area contributed by atoms with E-state index in [2.05, 4.69) is 4.90 Å². The first-order valence-corrected chi connectivity index (χ1v) is 5.10. The van der Waals surface area contributed by atoms with E-state index in [0.29, 0.717) is 12.4 Å². The highest BCUT2D eigenvalue weighted by molar-refractivity contribution is 5.36. The Hall–Kier alpha value is -1.60. The van der Waals surface area contributed by atoms with E-state index in [1.807, 2.05) is 20.2 Å². The van der Waals surface area contributed by atoms with Gasteiger partial charge >= 0.3 is 0 Å². The lowest BCUT2D eigenvalue weighted by atomic mass is 10.2. The van der Waals surface area contributed by atoms with Crippen molar-refractivity contribution in [3.8, 4) is 11.8 Å². The second-order valence-corrected chi connectivity index (χ2v) is 3.79. The molecule has 0 fully saturated rings. The van der Waals surface area contributed by atoms with Crippen molar-refractivity contribution in [3.63, 3.8) is 0 Å². The van der Waals surface area contributed by atoms with Crippen LogP contribution in [0.5, 0.6) is 5.75 Å². The maximum absolute atomic E-state index is 13.0. The molecule has 4 heteroatoms. The smallest absolute Gasteiger partial charge is 0.128 e. The Morgan fingerprint density at radius 3 is 2.75 bits per heavy atom. The van der Waals surface area contributed by atoms with Crippen molar-refractivity contribution in [1.82, 2.24) is 4.90 Å². The van der Waals surface area contributed by atoms with Crippen LogP contribution in [-0.2, 0) is 0 Å². The molecule has 1 aromatic rings. The predicted molar refractivity (Wildman–Crippen MR) is 59.8 cm³/mol. The molecule has 0 aliphatic rings. The molecular weight excluding hydrogens is 207 g/mol. The van der Waals surface area contributed by atoms with E-state index in [1.165, 1.54) is 12.1 Å². The molecule has 16 heavy (non-hydrogen) atoms. The van der Waals surface area contributed by atoms with Crippen molar-refractivity contribution in [2.45, 2.75) is 6.42 Å². The number of ether oxygens (including phenoxy) is 1. The lowest BCUT2D eigenvalue weighted by molar-refractivity contribution is 0.280. The molecule has 0 saturated heterocycles. The van der Waals surface area contributed by atoms with Crippen LogP contribution < -0.4 is 4.74 Å². The number of nitriles is 1. The zero-order valence-corrected chi connectivity index (χ0v) is 9.53. The van der Waals surface area contributed by atoms with Crippen LogP contribution in [-0.4, -0.2) is 32.1 Å². The molecule has 1 aromatic carbocycles. The van der Waals surface area contributed by atoms with Gasteiger partial charge in [0.05, 0.1) is 18.2 Å². The van der Waals surface area contributed by atoms with Crippen LogP contribution in [0.2, 0.25) is 0 Å². The number of benzene rings is 1. The summed E-state index contributed by atoms with van der Waals surface area (Å²) < 4.78 is 18.4. The highest BCUT2D eigenvalue weighted by atomic mass is 19.1. The minimum Gasteiger partial charge on any atom is -0.493 e. The SMILES string of the molecule is CN(C)CCCOc1cc(F)cc(C#N)c1. The Morgan fingerprint density at radius 1 is 1.38 bits per heavy atom. The van der Waals surface area contributed by atoms with Crippen molar-refractivity contribution in [2.24, 2.45) is 0 Å². The van der Waals surface area contributed by atoms with Crippen LogP contribution in [0, 0.1) is 17.1 Å². The van der Waals surface area contributed by atoms with Crippen molar-refractivity contribution in [1.29, 1.82) is 5.26 Å². The molecule has 0 aliphatic heterocycles. The molecule has 0 amide bonds. The zero-order valence-electron chi connectivity index (χ0n) is 9.53. The maximum atomic E-state index is 13.0. The summed E-state index contributed by atoms with van der Waals surface area (Å²) in [4.78, 5) is 2.05. The van der Waals surface area contributed by atoms with Gasteiger partial charge in [-0.3, -0.25) is 0 Å². The first-order chi connectivity index (χ1) is 7.61. The fourth-order valence-electron chi connectivity index (χ4n) is 1.28. The molecule has 1 rings (SSSR count). The van der Waals surface area contributed by atoms with E-state index in [0.717, 1.165) is 13.0 Å². The molecule has 0 heterocycles. The van der Waals surface area contributed by atoms with Gasteiger partial charge in [0.1, 0.15) is 11.6 Å². The summed E-state index contributed by atoms with van der Waals surface area (Å²) in [5.41, 5.74) is 0.280. The Morgan fingerprint density at radius 2 is 2.12 bits per heavy atom. The second kappa shape index (κ2) is 6.09. The first kappa shape index (κ1) is 12.5. The molecule has 0 radical (unpaired) electrons. The summed E-state index contributed by atoms with van der Waals surface area (Å²) in [6.45, 7) is 1.44. The van der Waals surface area contributed by atoms with E-state index in [1.54, 1.807) is 6.07 Å². The molecule has 0 unspecified atom stereocenters. The highest BCUT2D eigenvalue weighted by Crippen LogP contribution is 2.15. The summed E-state index contributed by atoms with van der Waals surface area (Å²) in [6, 6.07) is 5.90. The second-order valence-electron chi connectivity index (χ2n) is 3.79. The Balaban J connectivity index is 2.48. The number of halogens is 1. The maximum Gasteiger partial charge on any atom is 0.128 e. The minimum absolute atomic E-state index is 0.280. The lowest BCUT2D eigenvalue weighted by Crippen LogP contribution is -2.15. The predicted octanol–water partition coefficient (Wildman–Crippen LogP) is 2.03. The fourth-order valence-corrected chi connectivity index (χ4v) is 1.28. The molecule has 0 N–H and O–H groups in total. The summed E-state index contributed by atoms with van der Waals surface area (Å²) in [5.74, 6) is -0.0306. The van der Waals surface area contributed by atoms with Gasteiger partial charge in [-0.15, -0.1) is 0 Å². The van der Waals surface area contributed by atoms with E-state index in [-0.39, 0.29) is 5.56 Å². The molecule has 0 aliphatic carbocycles. The first-order valence-electron chi connectivity index (χ1n) is 5.10. The summed E-state index contributed by atoms with van der Waals surface area (Å²) in [5, 5.41) is 8.65. The average molecular weight is 222 g/mol. The van der Waals surface area contributed by atoms with Gasteiger partial charge in [-0.1, -0.05) is 0 Å². The third-order valence-electron chi connectivity index (χ3n) is 2.02. The summed E-state index contributed by atoms with van der Waals surface area (Å²) >= 11 is 0. The van der Waals surface area contributed by atoms with Gasteiger partial charge < -0.3 is 9.64 Å². The Kier molecular flexibility index (Phi) is 4.74. The third-order valence-corrected chi connectivity index (χ3v) is 2.02. The van der Waals surface area contributed by atoms with Gasteiger partial charge in [-0.2, -0.15) is 5.26 Å². The van der Waals surface area contributed by atoms with E-state index < -0.39 is 5.82 Å². The molecule has 3 nitrogen and oxygen atoms in total. The minimum atomic E-state index is -0.443. The molecule has 0 spiro atoms. The molecule has 86 valence electrons. The van der Waals surface area contributed by atoms with Crippen LogP contribution in [0.3, 0.4) is 0 Å². The molecule has 0 bridgehead atoms. The Labute approximate surface area is 95.1 Å². The quantitative estimate of drug-likeness (QED) is 0.715. The monoisotopic (exact) mass is 222 g/mol. The van der Waals surface area contributed by atoms with Crippen LogP contribution >= 0.6 is 0 Å². The molecule has 0 atom stereocenters. The van der Waals surface area contributed by atoms with Gasteiger partial charge in [-0.05, 0) is 32.6 Å². The highest BCUT2D eigenvalue weighted by Gasteiger charge is 2.01. The molecule has 0 saturated carbocycles. The van der Waals surface area contributed by atoms with E-state index in [4.69, 9.17) is 10.00 Å². The topological polar surface area (TPSA) is 36.3 Å². The van der Waals surface area contributed by atoms with Crippen molar-refractivity contribution in [2.75, 3.05) is 27.2 Å². The van der Waals surface area contributed by atoms with Gasteiger partial charge in [0.25, 0.3) is 0 Å². The van der Waals surface area contributed by atoms with Crippen molar-refractivity contribution in [3.05, 3.63) is 29.6 Å². The van der Waals surface area contributed by atoms with Gasteiger partial charge in [0.2, 0.25) is 0 Å². The number of nitrogens with zero attached hydrogens (tertiary/aromatic N) is 2. The largest absolute Gasteiger partial charge is 0.493 e. The van der Waals surface area contributed by atoms with Gasteiger partial charge in [0, 0.05) is 12.6 Å². The van der Waals surface area contributed by atoms with E-state index >= 15 is 0 Å². The van der Waals surface area contributed by atoms with Crippen LogP contribution in [0.4, 0.5) is 4.39 Å². The number of rotatable bonds is 5. The zero-order chi connectivity index (χ0) is 12.0. The Bertz CT molecular complexity index is 385. The van der Waals surface area contributed by atoms with Crippen molar-refractivity contribution >= 4 is 0 Å². The van der Waals surface area contributed by atoms with Crippen LogP contribution in [0.1, 0.15) is 12.0 Å². The van der Waals surface area contributed by atoms with Crippen LogP contribution in [0.25, 0.3) is 0 Å². The third kappa shape index (κ3) is 4.28. The number of hydrogen-bond acceptors (Lipinski definition) is 3. The fraction of sp³-hybridized carbons (Fsp3) is 0.417. The number of hydrogen-bond donors (Lipinski definition) is 0. The van der Waals surface area contributed by atoms with E-state index in [9.17, 15) is 4.39 Å². The standard InChI is InChI=1S/C12H15FN2O/c1-15(2)4-3-5-16-12-7-10(9-14)6-11(13)8-12/h6-8H,3-5H2,1-2H3. The molecule has 0 aromatic heterocycles. The normalized spacial score (nSPS) is 10.2. The average Bonchev–Trinajstić information content (AvgIpc) is 2.23. The summed E-state index contributed by atoms with van der Waals surface area (Å²) in [6.07, 6.45) is 0.866. The van der Waals surface area contributed by atoms with Crippen molar-refractivity contribution < 1.29 is 9.13 Å². The van der Waals surface area contributed by atoms with Gasteiger partial charge in [-0.25, -0.2) is 4.39 Å². The summed E-state index contributed by atoms with van der Waals surface area (Å²) in [7, 11) is 3.96. The lowest BCUT2D eigenvalue weighted by Gasteiger charge is -2.10. The van der Waals surface area contributed by atoms with Crippen LogP contribution in [0.15, 0.2) is 18.2 Å². The molecular formula is C12H15FN2O.